The van der Waals surface area contributed by atoms with E-state index in [1.165, 1.54) is 6.07 Å². The molecule has 0 atom stereocenters. The van der Waals surface area contributed by atoms with Crippen molar-refractivity contribution in [1.29, 1.82) is 0 Å². The maximum Gasteiger partial charge on any atom is 0.127 e. The summed E-state index contributed by atoms with van der Waals surface area (Å²) in [5.41, 5.74) is 1.40. The smallest absolute Gasteiger partial charge is 0.127 e. The molecule has 0 bridgehead atoms. The highest BCUT2D eigenvalue weighted by Crippen LogP contribution is 2.13. The maximum atomic E-state index is 12.8. The van der Waals surface area contributed by atoms with Crippen LogP contribution in [0.5, 0.6) is 0 Å². The van der Waals surface area contributed by atoms with E-state index in [4.69, 9.17) is 23.2 Å². The number of rotatable bonds is 2. The molecule has 0 N–H and O–H groups in total. The zero-order valence-corrected chi connectivity index (χ0v) is 7.29. The standard InChI is InChI=1S/C8H7Cl2F/c9-4-6-1-2-8(11)7(3-6)5-10/h1-3H,4-5H2. The predicted octanol–water partition coefficient (Wildman–Crippen LogP) is 3.30. The monoisotopic (exact) mass is 192 g/mol. The van der Waals surface area contributed by atoms with Gasteiger partial charge in [-0.25, -0.2) is 4.39 Å². The van der Waals surface area contributed by atoms with Crippen LogP contribution in [-0.2, 0) is 11.8 Å². The summed E-state index contributed by atoms with van der Waals surface area (Å²) in [6.07, 6.45) is 0. The molecule has 0 fully saturated rings. The van der Waals surface area contributed by atoms with Crippen LogP contribution in [-0.4, -0.2) is 0 Å². The van der Waals surface area contributed by atoms with E-state index in [0.29, 0.717) is 11.4 Å². The van der Waals surface area contributed by atoms with Crippen molar-refractivity contribution in [2.75, 3.05) is 0 Å². The fraction of sp³-hybridized carbons (Fsp3) is 0.250. The van der Waals surface area contributed by atoms with Gasteiger partial charge in [-0.15, -0.1) is 23.2 Å². The summed E-state index contributed by atoms with van der Waals surface area (Å²) in [5, 5.41) is 0. The molecule has 0 aliphatic carbocycles. The first-order valence-electron chi connectivity index (χ1n) is 3.17. The summed E-state index contributed by atoms with van der Waals surface area (Å²) in [5.74, 6) is 0.314. The van der Waals surface area contributed by atoms with Gasteiger partial charge in [0, 0.05) is 11.4 Å². The van der Waals surface area contributed by atoms with Gasteiger partial charge in [-0.05, 0) is 11.6 Å². The van der Waals surface area contributed by atoms with E-state index < -0.39 is 0 Å². The number of halogens is 3. The quantitative estimate of drug-likeness (QED) is 0.632. The Morgan fingerprint density at radius 3 is 2.45 bits per heavy atom. The molecule has 11 heavy (non-hydrogen) atoms. The second kappa shape index (κ2) is 3.93. The van der Waals surface area contributed by atoms with Crippen LogP contribution in [0.4, 0.5) is 4.39 Å². The SMILES string of the molecule is Fc1ccc(CCl)cc1CCl. The van der Waals surface area contributed by atoms with Crippen molar-refractivity contribution in [2.45, 2.75) is 11.8 Å². The van der Waals surface area contributed by atoms with Gasteiger partial charge in [-0.2, -0.15) is 0 Å². The van der Waals surface area contributed by atoms with Crippen LogP contribution in [0.25, 0.3) is 0 Å². The number of hydrogen-bond donors (Lipinski definition) is 0. The molecule has 60 valence electrons. The van der Waals surface area contributed by atoms with Crippen molar-refractivity contribution < 1.29 is 4.39 Å². The highest BCUT2D eigenvalue weighted by molar-refractivity contribution is 6.17. The summed E-state index contributed by atoms with van der Waals surface area (Å²) in [6, 6.07) is 4.71. The molecular formula is C8H7Cl2F. The fourth-order valence-corrected chi connectivity index (χ4v) is 1.18. The first-order chi connectivity index (χ1) is 5.27. The molecule has 3 heteroatoms. The Morgan fingerprint density at radius 1 is 1.18 bits per heavy atom. The lowest BCUT2D eigenvalue weighted by Gasteiger charge is -1.99. The molecule has 0 aliphatic rings. The second-order valence-electron chi connectivity index (χ2n) is 2.19. The van der Waals surface area contributed by atoms with Crippen molar-refractivity contribution in [3.8, 4) is 0 Å². The highest BCUT2D eigenvalue weighted by Gasteiger charge is 2.00. The molecule has 0 aliphatic heterocycles. The Morgan fingerprint density at radius 2 is 1.91 bits per heavy atom. The molecule has 0 saturated heterocycles. The van der Waals surface area contributed by atoms with Crippen molar-refractivity contribution in [3.05, 3.63) is 35.1 Å². The summed E-state index contributed by atoms with van der Waals surface area (Å²) < 4.78 is 12.8. The minimum Gasteiger partial charge on any atom is -0.207 e. The molecule has 0 saturated carbocycles. The lowest BCUT2D eigenvalue weighted by atomic mass is 10.1. The Bertz CT molecular complexity index is 248. The topological polar surface area (TPSA) is 0 Å². The van der Waals surface area contributed by atoms with Gasteiger partial charge >= 0.3 is 0 Å². The summed E-state index contributed by atoms with van der Waals surface area (Å²) in [4.78, 5) is 0. The minimum atomic E-state index is -0.270. The van der Waals surface area contributed by atoms with Crippen molar-refractivity contribution >= 4 is 23.2 Å². The molecule has 0 heterocycles. The Labute approximate surface area is 74.9 Å². The van der Waals surface area contributed by atoms with Crippen LogP contribution in [0.15, 0.2) is 18.2 Å². The number of hydrogen-bond acceptors (Lipinski definition) is 0. The molecular weight excluding hydrogens is 186 g/mol. The van der Waals surface area contributed by atoms with Crippen LogP contribution < -0.4 is 0 Å². The van der Waals surface area contributed by atoms with Crippen LogP contribution in [0.3, 0.4) is 0 Å². The van der Waals surface area contributed by atoms with E-state index in [-0.39, 0.29) is 11.7 Å². The van der Waals surface area contributed by atoms with Crippen molar-refractivity contribution in [3.63, 3.8) is 0 Å². The lowest BCUT2D eigenvalue weighted by Crippen LogP contribution is -1.87. The van der Waals surface area contributed by atoms with Crippen molar-refractivity contribution in [1.82, 2.24) is 0 Å². The van der Waals surface area contributed by atoms with Gasteiger partial charge in [0.1, 0.15) is 5.82 Å². The third-order valence-electron chi connectivity index (χ3n) is 1.41. The normalized spacial score (nSPS) is 10.1. The number of benzene rings is 1. The van der Waals surface area contributed by atoms with Gasteiger partial charge in [0.2, 0.25) is 0 Å². The molecule has 0 amide bonds. The third-order valence-corrected chi connectivity index (χ3v) is 2.00. The van der Waals surface area contributed by atoms with Gasteiger partial charge < -0.3 is 0 Å². The molecule has 0 aromatic heterocycles. The minimum absolute atomic E-state index is 0.191. The maximum absolute atomic E-state index is 12.8. The molecule has 1 rings (SSSR count). The Kier molecular flexibility index (Phi) is 3.16. The van der Waals surface area contributed by atoms with Gasteiger partial charge in [0.05, 0.1) is 5.88 Å². The van der Waals surface area contributed by atoms with E-state index >= 15 is 0 Å². The van der Waals surface area contributed by atoms with Crippen LogP contribution in [0, 0.1) is 5.82 Å². The molecule has 0 spiro atoms. The molecule has 0 nitrogen and oxygen atoms in total. The van der Waals surface area contributed by atoms with Gasteiger partial charge in [-0.3, -0.25) is 0 Å². The average Bonchev–Trinajstić information content (AvgIpc) is 2.05. The first-order valence-corrected chi connectivity index (χ1v) is 4.24. The first kappa shape index (κ1) is 8.82. The fourth-order valence-electron chi connectivity index (χ4n) is 0.814. The van der Waals surface area contributed by atoms with E-state index in [2.05, 4.69) is 0 Å². The Balaban J connectivity index is 3.02. The van der Waals surface area contributed by atoms with Crippen LogP contribution >= 0.6 is 23.2 Å². The third kappa shape index (κ3) is 2.08. The Hall–Kier alpha value is -0.270. The van der Waals surface area contributed by atoms with E-state index in [1.807, 2.05) is 0 Å². The second-order valence-corrected chi connectivity index (χ2v) is 2.73. The molecule has 1 aromatic rings. The van der Waals surface area contributed by atoms with Gasteiger partial charge in [0.25, 0.3) is 0 Å². The zero-order chi connectivity index (χ0) is 8.27. The summed E-state index contributed by atoms with van der Waals surface area (Å²) in [7, 11) is 0. The predicted molar refractivity (Wildman–Crippen MR) is 45.5 cm³/mol. The summed E-state index contributed by atoms with van der Waals surface area (Å²) in [6.45, 7) is 0. The van der Waals surface area contributed by atoms with Crippen LogP contribution in [0.1, 0.15) is 11.1 Å². The summed E-state index contributed by atoms with van der Waals surface area (Å²) >= 11 is 11.0. The highest BCUT2D eigenvalue weighted by atomic mass is 35.5. The van der Waals surface area contributed by atoms with E-state index in [1.54, 1.807) is 12.1 Å². The largest absolute Gasteiger partial charge is 0.207 e. The van der Waals surface area contributed by atoms with Gasteiger partial charge in [0.15, 0.2) is 0 Å². The van der Waals surface area contributed by atoms with E-state index in [0.717, 1.165) is 5.56 Å². The van der Waals surface area contributed by atoms with Crippen molar-refractivity contribution in [2.24, 2.45) is 0 Å². The lowest BCUT2D eigenvalue weighted by molar-refractivity contribution is 0.616. The van der Waals surface area contributed by atoms with Gasteiger partial charge in [-0.1, -0.05) is 12.1 Å². The molecule has 0 unspecified atom stereocenters. The average molecular weight is 193 g/mol. The number of alkyl halides is 2. The van der Waals surface area contributed by atoms with E-state index in [9.17, 15) is 4.39 Å². The zero-order valence-electron chi connectivity index (χ0n) is 5.78. The molecule has 1 aromatic carbocycles. The molecule has 0 radical (unpaired) electrons. The van der Waals surface area contributed by atoms with Crippen LogP contribution in [0.2, 0.25) is 0 Å².